The van der Waals surface area contributed by atoms with Crippen LogP contribution >= 0.6 is 0 Å². The van der Waals surface area contributed by atoms with E-state index in [2.05, 4.69) is 18.3 Å². The largest absolute Gasteiger partial charge is 0.342 e. The van der Waals surface area contributed by atoms with Crippen molar-refractivity contribution in [2.24, 2.45) is 0 Å². The number of hydrogen-bond donors (Lipinski definition) is 1. The molecule has 18 heavy (non-hydrogen) atoms. The lowest BCUT2D eigenvalue weighted by Crippen LogP contribution is -2.13. The van der Waals surface area contributed by atoms with Crippen molar-refractivity contribution in [2.45, 2.75) is 32.9 Å². The van der Waals surface area contributed by atoms with Gasteiger partial charge in [-0.25, -0.2) is 8.78 Å². The molecule has 0 aliphatic carbocycles. The number of hydrogen-bond acceptors (Lipinski definition) is 1. The number of alkyl halides is 2. The average molecular weight is 252 g/mol. The van der Waals surface area contributed by atoms with E-state index in [0.29, 0.717) is 0 Å². The minimum atomic E-state index is -2.31. The summed E-state index contributed by atoms with van der Waals surface area (Å²) in [5, 5.41) is 4.35. The third kappa shape index (κ3) is 3.07. The van der Waals surface area contributed by atoms with Gasteiger partial charge in [0.1, 0.15) is 0 Å². The highest BCUT2D eigenvalue weighted by molar-refractivity contribution is 5.80. The molecule has 0 saturated carbocycles. The molecule has 1 heterocycles. The Labute approximate surface area is 106 Å². The first-order valence-electron chi connectivity index (χ1n) is 6.27. The van der Waals surface area contributed by atoms with Gasteiger partial charge in [0.15, 0.2) is 0 Å². The molecule has 0 atom stereocenters. The molecule has 0 bridgehead atoms. The fourth-order valence-corrected chi connectivity index (χ4v) is 2.08. The van der Waals surface area contributed by atoms with Crippen LogP contribution in [0.2, 0.25) is 0 Å². The van der Waals surface area contributed by atoms with Gasteiger partial charge in [0, 0.05) is 18.3 Å². The second kappa shape index (κ2) is 5.96. The van der Waals surface area contributed by atoms with E-state index < -0.39 is 6.43 Å². The van der Waals surface area contributed by atoms with Crippen LogP contribution in [0.5, 0.6) is 0 Å². The van der Waals surface area contributed by atoms with Gasteiger partial charge in [-0.1, -0.05) is 13.0 Å². The smallest absolute Gasteiger partial charge is 0.256 e. The molecule has 0 radical (unpaired) electrons. The average Bonchev–Trinajstić information content (AvgIpc) is 2.72. The lowest BCUT2D eigenvalue weighted by Gasteiger charge is -2.06. The zero-order chi connectivity index (χ0) is 13.0. The van der Waals surface area contributed by atoms with Gasteiger partial charge in [-0.3, -0.25) is 0 Å². The fraction of sp³-hybridized carbons (Fsp3) is 0.429. The highest BCUT2D eigenvalue weighted by atomic mass is 19.3. The lowest BCUT2D eigenvalue weighted by molar-refractivity contribution is 0.128. The second-order valence-corrected chi connectivity index (χ2v) is 4.43. The number of benzene rings is 1. The Hall–Kier alpha value is -1.42. The summed E-state index contributed by atoms with van der Waals surface area (Å²) in [6.07, 6.45) is 0.513. The van der Waals surface area contributed by atoms with Crippen molar-refractivity contribution in [1.29, 1.82) is 0 Å². The molecule has 0 amide bonds. The highest BCUT2D eigenvalue weighted by Gasteiger charge is 2.07. The van der Waals surface area contributed by atoms with E-state index >= 15 is 0 Å². The number of rotatable bonds is 6. The SMILES string of the molecule is CCCNCc1ccc2c(ccn2CC(F)F)c1. The molecule has 98 valence electrons. The first-order valence-corrected chi connectivity index (χ1v) is 6.27. The molecule has 2 aromatic rings. The van der Waals surface area contributed by atoms with Gasteiger partial charge in [0.2, 0.25) is 0 Å². The van der Waals surface area contributed by atoms with Crippen LogP contribution in [0.25, 0.3) is 10.9 Å². The zero-order valence-electron chi connectivity index (χ0n) is 10.5. The molecule has 2 nitrogen and oxygen atoms in total. The maximum atomic E-state index is 12.4. The Morgan fingerprint density at radius 2 is 2.11 bits per heavy atom. The molecule has 4 heteroatoms. The number of nitrogens with one attached hydrogen (secondary N) is 1. The minimum absolute atomic E-state index is 0.239. The zero-order valence-corrected chi connectivity index (χ0v) is 10.5. The molecule has 0 saturated heterocycles. The van der Waals surface area contributed by atoms with Crippen molar-refractivity contribution in [3.8, 4) is 0 Å². The summed E-state index contributed by atoms with van der Waals surface area (Å²) in [5.74, 6) is 0. The van der Waals surface area contributed by atoms with Crippen LogP contribution in [0.1, 0.15) is 18.9 Å². The summed E-state index contributed by atoms with van der Waals surface area (Å²) in [7, 11) is 0. The van der Waals surface area contributed by atoms with Crippen LogP contribution in [0.4, 0.5) is 8.78 Å². The summed E-state index contributed by atoms with van der Waals surface area (Å²) in [6, 6.07) is 7.86. The Bertz CT molecular complexity index is 505. The van der Waals surface area contributed by atoms with Crippen molar-refractivity contribution in [2.75, 3.05) is 6.54 Å². The monoisotopic (exact) mass is 252 g/mol. The predicted molar refractivity (Wildman–Crippen MR) is 69.9 cm³/mol. The normalized spacial score (nSPS) is 11.6. The third-order valence-corrected chi connectivity index (χ3v) is 2.93. The summed E-state index contributed by atoms with van der Waals surface area (Å²) in [6.45, 7) is 3.70. The Morgan fingerprint density at radius 3 is 2.83 bits per heavy atom. The third-order valence-electron chi connectivity index (χ3n) is 2.93. The summed E-state index contributed by atoms with van der Waals surface area (Å²) in [4.78, 5) is 0. The van der Waals surface area contributed by atoms with Crippen molar-refractivity contribution < 1.29 is 8.78 Å². The lowest BCUT2D eigenvalue weighted by atomic mass is 10.1. The molecule has 1 aromatic carbocycles. The molecule has 2 rings (SSSR count). The first-order chi connectivity index (χ1) is 8.70. The molecule has 0 unspecified atom stereocenters. The second-order valence-electron chi connectivity index (χ2n) is 4.43. The molecule has 1 aromatic heterocycles. The van der Waals surface area contributed by atoms with E-state index in [4.69, 9.17) is 0 Å². The maximum absolute atomic E-state index is 12.4. The first kappa shape index (κ1) is 13.0. The Morgan fingerprint density at radius 1 is 1.28 bits per heavy atom. The number of fused-ring (bicyclic) bond motifs is 1. The molecule has 1 N–H and O–H groups in total. The van der Waals surface area contributed by atoms with Crippen LogP contribution in [0.15, 0.2) is 30.5 Å². The molecule has 0 aliphatic rings. The van der Waals surface area contributed by atoms with Gasteiger partial charge in [-0.15, -0.1) is 0 Å². The number of halogens is 2. The Balaban J connectivity index is 2.15. The number of nitrogens with zero attached hydrogens (tertiary/aromatic N) is 1. The van der Waals surface area contributed by atoms with Gasteiger partial charge in [-0.2, -0.15) is 0 Å². The fourth-order valence-electron chi connectivity index (χ4n) is 2.08. The summed E-state index contributed by atoms with van der Waals surface area (Å²) in [5.41, 5.74) is 2.06. The molecular weight excluding hydrogens is 234 g/mol. The van der Waals surface area contributed by atoms with Gasteiger partial charge >= 0.3 is 0 Å². The van der Waals surface area contributed by atoms with Gasteiger partial charge < -0.3 is 9.88 Å². The molecule has 0 fully saturated rings. The van der Waals surface area contributed by atoms with E-state index in [1.165, 1.54) is 5.56 Å². The highest BCUT2D eigenvalue weighted by Crippen LogP contribution is 2.18. The molecular formula is C14H18F2N2. The van der Waals surface area contributed by atoms with Crippen LogP contribution < -0.4 is 5.32 Å². The van der Waals surface area contributed by atoms with Gasteiger partial charge in [0.05, 0.1) is 6.54 Å². The summed E-state index contributed by atoms with van der Waals surface area (Å²) < 4.78 is 26.4. The van der Waals surface area contributed by atoms with Crippen LogP contribution in [-0.4, -0.2) is 17.5 Å². The maximum Gasteiger partial charge on any atom is 0.256 e. The van der Waals surface area contributed by atoms with E-state index in [0.717, 1.165) is 30.4 Å². The summed E-state index contributed by atoms with van der Waals surface area (Å²) >= 11 is 0. The van der Waals surface area contributed by atoms with Gasteiger partial charge in [-0.05, 0) is 42.1 Å². The van der Waals surface area contributed by atoms with E-state index in [-0.39, 0.29) is 6.54 Å². The van der Waals surface area contributed by atoms with Crippen LogP contribution in [0.3, 0.4) is 0 Å². The predicted octanol–water partition coefficient (Wildman–Crippen LogP) is 3.41. The van der Waals surface area contributed by atoms with Crippen LogP contribution in [-0.2, 0) is 13.1 Å². The van der Waals surface area contributed by atoms with Gasteiger partial charge in [0.25, 0.3) is 6.43 Å². The van der Waals surface area contributed by atoms with E-state index in [1.54, 1.807) is 10.8 Å². The molecule has 0 aliphatic heterocycles. The van der Waals surface area contributed by atoms with E-state index in [1.807, 2.05) is 18.2 Å². The van der Waals surface area contributed by atoms with Crippen LogP contribution in [0, 0.1) is 0 Å². The topological polar surface area (TPSA) is 17.0 Å². The van der Waals surface area contributed by atoms with E-state index in [9.17, 15) is 8.78 Å². The van der Waals surface area contributed by atoms with Crippen molar-refractivity contribution in [3.63, 3.8) is 0 Å². The molecule has 0 spiro atoms. The Kier molecular flexibility index (Phi) is 4.31. The quantitative estimate of drug-likeness (QED) is 0.780. The van der Waals surface area contributed by atoms with Crippen molar-refractivity contribution in [3.05, 3.63) is 36.0 Å². The minimum Gasteiger partial charge on any atom is -0.342 e. The van der Waals surface area contributed by atoms with Crippen molar-refractivity contribution >= 4 is 10.9 Å². The standard InChI is InChI=1S/C14H18F2N2/c1-2-6-17-9-11-3-4-13-12(8-11)5-7-18(13)10-14(15)16/h3-5,7-8,14,17H,2,6,9-10H2,1H3. The van der Waals surface area contributed by atoms with Crippen molar-refractivity contribution in [1.82, 2.24) is 9.88 Å². The number of aromatic nitrogens is 1.